The van der Waals surface area contributed by atoms with E-state index in [0.29, 0.717) is 5.41 Å². The Morgan fingerprint density at radius 2 is 1.94 bits per heavy atom. The van der Waals surface area contributed by atoms with Crippen molar-refractivity contribution in [3.63, 3.8) is 0 Å². The summed E-state index contributed by atoms with van der Waals surface area (Å²) in [5, 5.41) is 1.08. The standard InChI is InChI=1S/C15H23BrO/c1-3-15(2,13-16)10-7-11-17-12-14-8-5-4-6-9-14/h4-6,8-9H,3,7,10-13H2,1-2H3. The lowest BCUT2D eigenvalue weighted by Gasteiger charge is -2.25. The normalized spacial score (nSPS) is 14.5. The number of hydrogen-bond donors (Lipinski definition) is 0. The molecule has 0 fully saturated rings. The molecule has 2 heteroatoms. The molecule has 0 aromatic heterocycles. The summed E-state index contributed by atoms with van der Waals surface area (Å²) in [5.41, 5.74) is 1.68. The Labute approximate surface area is 114 Å². The average molecular weight is 299 g/mol. The fourth-order valence-electron chi connectivity index (χ4n) is 1.70. The third-order valence-corrected chi connectivity index (χ3v) is 4.71. The van der Waals surface area contributed by atoms with Gasteiger partial charge in [0.2, 0.25) is 0 Å². The average Bonchev–Trinajstić information content (AvgIpc) is 2.39. The monoisotopic (exact) mass is 298 g/mol. The molecule has 1 unspecified atom stereocenters. The first-order valence-corrected chi connectivity index (χ1v) is 7.50. The maximum atomic E-state index is 5.69. The minimum atomic E-state index is 0.427. The van der Waals surface area contributed by atoms with Crippen LogP contribution in [0.2, 0.25) is 0 Å². The van der Waals surface area contributed by atoms with Crippen LogP contribution < -0.4 is 0 Å². The summed E-state index contributed by atoms with van der Waals surface area (Å²) in [5.74, 6) is 0. The molecule has 0 spiro atoms. The van der Waals surface area contributed by atoms with Gasteiger partial charge in [-0.2, -0.15) is 0 Å². The summed E-state index contributed by atoms with van der Waals surface area (Å²) in [6.07, 6.45) is 3.59. The molecule has 1 rings (SSSR count). The van der Waals surface area contributed by atoms with Crippen LogP contribution in [0.25, 0.3) is 0 Å². The molecular weight excluding hydrogens is 276 g/mol. The molecular formula is C15H23BrO. The molecule has 0 N–H and O–H groups in total. The van der Waals surface area contributed by atoms with Gasteiger partial charge in [-0.25, -0.2) is 0 Å². The van der Waals surface area contributed by atoms with E-state index in [9.17, 15) is 0 Å². The van der Waals surface area contributed by atoms with Crippen molar-refractivity contribution in [2.75, 3.05) is 11.9 Å². The van der Waals surface area contributed by atoms with Crippen LogP contribution >= 0.6 is 15.9 Å². The van der Waals surface area contributed by atoms with Crippen LogP contribution in [0.15, 0.2) is 30.3 Å². The van der Waals surface area contributed by atoms with E-state index in [0.717, 1.165) is 25.0 Å². The van der Waals surface area contributed by atoms with Gasteiger partial charge in [0.05, 0.1) is 6.61 Å². The highest BCUT2D eigenvalue weighted by molar-refractivity contribution is 9.09. The van der Waals surface area contributed by atoms with E-state index in [1.165, 1.54) is 18.4 Å². The van der Waals surface area contributed by atoms with Gasteiger partial charge < -0.3 is 4.74 Å². The van der Waals surface area contributed by atoms with Crippen LogP contribution in [-0.4, -0.2) is 11.9 Å². The number of rotatable bonds is 8. The van der Waals surface area contributed by atoms with Gasteiger partial charge in [-0.1, -0.05) is 60.1 Å². The van der Waals surface area contributed by atoms with Crippen molar-refractivity contribution in [1.29, 1.82) is 0 Å². The number of benzene rings is 1. The van der Waals surface area contributed by atoms with Crippen molar-refractivity contribution in [1.82, 2.24) is 0 Å². The molecule has 0 aliphatic carbocycles. The van der Waals surface area contributed by atoms with E-state index in [1.54, 1.807) is 0 Å². The third-order valence-electron chi connectivity index (χ3n) is 3.36. The summed E-state index contributed by atoms with van der Waals surface area (Å²) >= 11 is 3.60. The Bertz CT molecular complexity index is 293. The highest BCUT2D eigenvalue weighted by atomic mass is 79.9. The van der Waals surface area contributed by atoms with E-state index in [2.05, 4.69) is 54.0 Å². The van der Waals surface area contributed by atoms with E-state index in [4.69, 9.17) is 4.74 Å². The molecule has 17 heavy (non-hydrogen) atoms. The molecule has 1 aromatic rings. The molecule has 1 nitrogen and oxygen atoms in total. The predicted molar refractivity (Wildman–Crippen MR) is 77.5 cm³/mol. The first-order valence-electron chi connectivity index (χ1n) is 6.38. The van der Waals surface area contributed by atoms with Crippen LogP contribution in [0.5, 0.6) is 0 Å². The molecule has 0 aliphatic heterocycles. The zero-order valence-electron chi connectivity index (χ0n) is 10.9. The Kier molecular flexibility index (Phi) is 6.83. The van der Waals surface area contributed by atoms with Gasteiger partial charge in [0, 0.05) is 11.9 Å². The minimum Gasteiger partial charge on any atom is -0.377 e. The molecule has 0 saturated carbocycles. The molecule has 96 valence electrons. The number of alkyl halides is 1. The van der Waals surface area contributed by atoms with Gasteiger partial charge in [-0.15, -0.1) is 0 Å². The van der Waals surface area contributed by atoms with Crippen molar-refractivity contribution in [2.24, 2.45) is 5.41 Å². The molecule has 0 saturated heterocycles. The second-order valence-electron chi connectivity index (χ2n) is 4.94. The van der Waals surface area contributed by atoms with Gasteiger partial charge in [0.25, 0.3) is 0 Å². The Morgan fingerprint density at radius 1 is 1.24 bits per heavy atom. The second-order valence-corrected chi connectivity index (χ2v) is 5.50. The van der Waals surface area contributed by atoms with Gasteiger partial charge >= 0.3 is 0 Å². The first-order chi connectivity index (χ1) is 8.20. The van der Waals surface area contributed by atoms with Crippen LogP contribution in [0.4, 0.5) is 0 Å². The SMILES string of the molecule is CCC(C)(CBr)CCCOCc1ccccc1. The van der Waals surface area contributed by atoms with Crippen molar-refractivity contribution >= 4 is 15.9 Å². The second kappa shape index (κ2) is 7.88. The van der Waals surface area contributed by atoms with Crippen LogP contribution in [0.1, 0.15) is 38.7 Å². The topological polar surface area (TPSA) is 9.23 Å². The van der Waals surface area contributed by atoms with Gasteiger partial charge in [0.15, 0.2) is 0 Å². The highest BCUT2D eigenvalue weighted by Gasteiger charge is 2.19. The Balaban J connectivity index is 2.13. The van der Waals surface area contributed by atoms with E-state index in [-0.39, 0.29) is 0 Å². The smallest absolute Gasteiger partial charge is 0.0716 e. The molecule has 0 bridgehead atoms. The molecule has 1 atom stereocenters. The zero-order chi connectivity index (χ0) is 12.6. The van der Waals surface area contributed by atoms with Crippen molar-refractivity contribution < 1.29 is 4.74 Å². The fourth-order valence-corrected chi connectivity index (χ4v) is 2.38. The molecule has 0 aliphatic rings. The number of hydrogen-bond acceptors (Lipinski definition) is 1. The van der Waals surface area contributed by atoms with E-state index < -0.39 is 0 Å². The predicted octanol–water partition coefficient (Wildman–Crippen LogP) is 4.79. The minimum absolute atomic E-state index is 0.427. The number of halogens is 1. The maximum Gasteiger partial charge on any atom is 0.0716 e. The van der Waals surface area contributed by atoms with Crippen LogP contribution in [0, 0.1) is 5.41 Å². The van der Waals surface area contributed by atoms with Gasteiger partial charge in [-0.3, -0.25) is 0 Å². The molecule has 0 radical (unpaired) electrons. The summed E-state index contributed by atoms with van der Waals surface area (Å²) in [4.78, 5) is 0. The zero-order valence-corrected chi connectivity index (χ0v) is 12.5. The first kappa shape index (κ1) is 14.7. The van der Waals surface area contributed by atoms with E-state index in [1.807, 2.05) is 6.07 Å². The quantitative estimate of drug-likeness (QED) is 0.495. The van der Waals surface area contributed by atoms with E-state index >= 15 is 0 Å². The number of ether oxygens (including phenoxy) is 1. The summed E-state index contributed by atoms with van der Waals surface area (Å²) in [7, 11) is 0. The summed E-state index contributed by atoms with van der Waals surface area (Å²) in [6, 6.07) is 10.4. The summed E-state index contributed by atoms with van der Waals surface area (Å²) in [6.45, 7) is 6.18. The summed E-state index contributed by atoms with van der Waals surface area (Å²) < 4.78 is 5.69. The Morgan fingerprint density at radius 3 is 2.53 bits per heavy atom. The highest BCUT2D eigenvalue weighted by Crippen LogP contribution is 2.29. The maximum absolute atomic E-state index is 5.69. The lowest BCUT2D eigenvalue weighted by molar-refractivity contribution is 0.108. The largest absolute Gasteiger partial charge is 0.377 e. The van der Waals surface area contributed by atoms with Gasteiger partial charge in [0.1, 0.15) is 0 Å². The lowest BCUT2D eigenvalue weighted by Crippen LogP contribution is -2.17. The van der Waals surface area contributed by atoms with Crippen molar-refractivity contribution in [3.8, 4) is 0 Å². The van der Waals surface area contributed by atoms with Crippen molar-refractivity contribution in [3.05, 3.63) is 35.9 Å². The fraction of sp³-hybridized carbons (Fsp3) is 0.600. The molecule has 1 aromatic carbocycles. The van der Waals surface area contributed by atoms with Crippen LogP contribution in [0.3, 0.4) is 0 Å². The van der Waals surface area contributed by atoms with Gasteiger partial charge in [-0.05, 0) is 30.2 Å². The Hall–Kier alpha value is -0.340. The lowest BCUT2D eigenvalue weighted by atomic mass is 9.85. The third kappa shape index (κ3) is 5.69. The van der Waals surface area contributed by atoms with Crippen molar-refractivity contribution in [2.45, 2.75) is 39.7 Å². The molecule has 0 amide bonds. The molecule has 0 heterocycles. The van der Waals surface area contributed by atoms with Crippen LogP contribution in [-0.2, 0) is 11.3 Å².